The quantitative estimate of drug-likeness (QED) is 0.574. The molecular weight excluding hydrogens is 288 g/mol. The Bertz CT molecular complexity index is 903. The van der Waals surface area contributed by atoms with Crippen LogP contribution in [0, 0.1) is 11.3 Å². The van der Waals surface area contributed by atoms with Gasteiger partial charge in [-0.3, -0.25) is 4.79 Å². The van der Waals surface area contributed by atoms with Gasteiger partial charge in [0.25, 0.3) is 5.91 Å². The summed E-state index contributed by atoms with van der Waals surface area (Å²) in [6.45, 7) is 0.383. The molecule has 0 aliphatic carbocycles. The Hall–Kier alpha value is -3.39. The molecule has 3 aromatic rings. The molecule has 3 rings (SSSR count). The van der Waals surface area contributed by atoms with Gasteiger partial charge in [-0.1, -0.05) is 30.3 Å². The van der Waals surface area contributed by atoms with Crippen molar-refractivity contribution in [3.63, 3.8) is 0 Å². The Morgan fingerprint density at radius 2 is 2.09 bits per heavy atom. The molecule has 0 aliphatic heterocycles. The number of amides is 1. The lowest BCUT2D eigenvalue weighted by Gasteiger charge is -2.04. The predicted molar refractivity (Wildman–Crippen MR) is 88.0 cm³/mol. The van der Waals surface area contributed by atoms with Gasteiger partial charge in [0.05, 0.1) is 0 Å². The second-order valence-corrected chi connectivity index (χ2v) is 4.98. The van der Waals surface area contributed by atoms with Crippen LogP contribution in [0.5, 0.6) is 0 Å². The molecule has 5 heteroatoms. The number of H-pyrrole nitrogens is 1. The van der Waals surface area contributed by atoms with Gasteiger partial charge in [0.1, 0.15) is 17.3 Å². The smallest absolute Gasteiger partial charge is 0.262 e. The maximum absolute atomic E-state index is 12.2. The Labute approximate surface area is 133 Å². The first-order valence-electron chi connectivity index (χ1n) is 7.14. The van der Waals surface area contributed by atoms with E-state index in [1.807, 2.05) is 48.5 Å². The number of carbonyl (C=O) groups is 1. The molecule has 0 unspecified atom stereocenters. The van der Waals surface area contributed by atoms with Crippen LogP contribution in [-0.4, -0.2) is 15.9 Å². The number of carbonyl (C=O) groups excluding carboxylic acids is 1. The van der Waals surface area contributed by atoms with Gasteiger partial charge in [0.2, 0.25) is 0 Å². The topological polar surface area (TPSA) is 81.6 Å². The van der Waals surface area contributed by atoms with E-state index in [4.69, 9.17) is 0 Å². The third kappa shape index (κ3) is 3.27. The molecule has 23 heavy (non-hydrogen) atoms. The number of hydrogen-bond donors (Lipinski definition) is 2. The summed E-state index contributed by atoms with van der Waals surface area (Å²) >= 11 is 0. The lowest BCUT2D eigenvalue weighted by molar-refractivity contribution is -0.117. The monoisotopic (exact) mass is 302 g/mol. The maximum atomic E-state index is 12.2. The number of rotatable bonds is 4. The summed E-state index contributed by atoms with van der Waals surface area (Å²) in [4.78, 5) is 19.4. The summed E-state index contributed by atoms with van der Waals surface area (Å²) in [7, 11) is 0. The molecule has 2 aromatic heterocycles. The van der Waals surface area contributed by atoms with Gasteiger partial charge in [-0.05, 0) is 23.8 Å². The summed E-state index contributed by atoms with van der Waals surface area (Å²) < 4.78 is 0. The highest BCUT2D eigenvalue weighted by molar-refractivity contribution is 6.03. The molecule has 0 radical (unpaired) electrons. The van der Waals surface area contributed by atoms with Crippen molar-refractivity contribution in [3.8, 4) is 6.07 Å². The fourth-order valence-corrected chi connectivity index (χ4v) is 2.27. The highest BCUT2D eigenvalue weighted by Gasteiger charge is 2.10. The zero-order valence-electron chi connectivity index (χ0n) is 12.3. The van der Waals surface area contributed by atoms with E-state index in [9.17, 15) is 10.1 Å². The first-order valence-corrected chi connectivity index (χ1v) is 7.14. The summed E-state index contributed by atoms with van der Waals surface area (Å²) in [5.41, 5.74) is 2.53. The minimum absolute atomic E-state index is 0.0608. The SMILES string of the molecule is N#C/C(=C\c1c[nH]c2ncccc12)C(=O)NCc1ccccc1. The molecule has 2 N–H and O–H groups in total. The predicted octanol–water partition coefficient (Wildman–Crippen LogP) is 2.79. The van der Waals surface area contributed by atoms with Crippen LogP contribution < -0.4 is 5.32 Å². The second-order valence-electron chi connectivity index (χ2n) is 4.98. The van der Waals surface area contributed by atoms with Gasteiger partial charge in [0, 0.05) is 29.9 Å². The van der Waals surface area contributed by atoms with Crippen LogP contribution in [0.4, 0.5) is 0 Å². The number of nitriles is 1. The first kappa shape index (κ1) is 14.5. The minimum atomic E-state index is -0.394. The van der Waals surface area contributed by atoms with Crippen LogP contribution >= 0.6 is 0 Å². The first-order chi connectivity index (χ1) is 11.3. The average molecular weight is 302 g/mol. The Morgan fingerprint density at radius 1 is 1.26 bits per heavy atom. The van der Waals surface area contributed by atoms with Crippen LogP contribution in [0.25, 0.3) is 17.1 Å². The zero-order chi connectivity index (χ0) is 16.1. The Morgan fingerprint density at radius 3 is 2.87 bits per heavy atom. The number of benzene rings is 1. The van der Waals surface area contributed by atoms with Crippen molar-refractivity contribution >= 4 is 23.0 Å². The minimum Gasteiger partial charge on any atom is -0.347 e. The summed E-state index contributed by atoms with van der Waals surface area (Å²) in [5, 5.41) is 12.9. The fraction of sp³-hybridized carbons (Fsp3) is 0.0556. The molecule has 0 fully saturated rings. The Balaban J connectivity index is 1.79. The largest absolute Gasteiger partial charge is 0.347 e. The van der Waals surface area contributed by atoms with Crippen molar-refractivity contribution in [1.82, 2.24) is 15.3 Å². The molecular formula is C18H14N4O. The molecule has 2 heterocycles. The van der Waals surface area contributed by atoms with Crippen LogP contribution in [0.15, 0.2) is 60.4 Å². The Kier molecular flexibility index (Phi) is 4.16. The highest BCUT2D eigenvalue weighted by atomic mass is 16.1. The number of fused-ring (bicyclic) bond motifs is 1. The van der Waals surface area contributed by atoms with Crippen molar-refractivity contribution < 1.29 is 4.79 Å². The van der Waals surface area contributed by atoms with Gasteiger partial charge in [-0.2, -0.15) is 5.26 Å². The summed E-state index contributed by atoms with van der Waals surface area (Å²) in [5.74, 6) is -0.394. The number of nitrogens with zero attached hydrogens (tertiary/aromatic N) is 2. The molecule has 1 amide bonds. The maximum Gasteiger partial charge on any atom is 0.262 e. The van der Waals surface area contributed by atoms with E-state index < -0.39 is 5.91 Å². The third-order valence-electron chi connectivity index (χ3n) is 3.44. The van der Waals surface area contributed by atoms with Crippen molar-refractivity contribution in [2.75, 3.05) is 0 Å². The third-order valence-corrected chi connectivity index (χ3v) is 3.44. The lowest BCUT2D eigenvalue weighted by Crippen LogP contribution is -2.23. The van der Waals surface area contributed by atoms with E-state index in [2.05, 4.69) is 15.3 Å². The molecule has 0 atom stereocenters. The van der Waals surface area contributed by atoms with Gasteiger partial charge < -0.3 is 10.3 Å². The number of pyridine rings is 1. The second kappa shape index (κ2) is 6.58. The number of hydrogen-bond acceptors (Lipinski definition) is 3. The van der Waals surface area contributed by atoms with Crippen molar-refractivity contribution in [1.29, 1.82) is 5.26 Å². The van der Waals surface area contributed by atoms with Gasteiger partial charge in [0.15, 0.2) is 0 Å². The van der Waals surface area contributed by atoms with Crippen molar-refractivity contribution in [2.45, 2.75) is 6.54 Å². The highest BCUT2D eigenvalue weighted by Crippen LogP contribution is 2.18. The van der Waals surface area contributed by atoms with Crippen LogP contribution in [0.2, 0.25) is 0 Å². The van der Waals surface area contributed by atoms with E-state index in [1.54, 1.807) is 18.5 Å². The van der Waals surface area contributed by atoms with E-state index in [0.29, 0.717) is 6.54 Å². The van der Waals surface area contributed by atoms with Gasteiger partial charge in [-0.25, -0.2) is 4.98 Å². The van der Waals surface area contributed by atoms with Gasteiger partial charge in [-0.15, -0.1) is 0 Å². The molecule has 112 valence electrons. The molecule has 0 bridgehead atoms. The van der Waals surface area contributed by atoms with Crippen molar-refractivity contribution in [2.24, 2.45) is 0 Å². The molecule has 0 aliphatic rings. The summed E-state index contributed by atoms with van der Waals surface area (Å²) in [6.07, 6.45) is 4.99. The number of aromatic nitrogens is 2. The fourth-order valence-electron chi connectivity index (χ4n) is 2.27. The van der Waals surface area contributed by atoms with Crippen molar-refractivity contribution in [3.05, 3.63) is 71.6 Å². The molecule has 1 aromatic carbocycles. The summed E-state index contributed by atoms with van der Waals surface area (Å²) in [6, 6.07) is 15.2. The van der Waals surface area contributed by atoms with Crippen LogP contribution in [0.3, 0.4) is 0 Å². The normalized spacial score (nSPS) is 11.2. The molecule has 5 nitrogen and oxygen atoms in total. The lowest BCUT2D eigenvalue weighted by atomic mass is 10.1. The molecule has 0 saturated carbocycles. The standard InChI is InChI=1S/C18H14N4O/c19-10-14(18(23)22-11-13-5-2-1-3-6-13)9-15-12-21-17-16(15)7-4-8-20-17/h1-9,12H,11H2,(H,20,21)(H,22,23)/b14-9+. The number of nitrogens with one attached hydrogen (secondary N) is 2. The molecule has 0 spiro atoms. The van der Waals surface area contributed by atoms with Gasteiger partial charge >= 0.3 is 0 Å². The van der Waals surface area contributed by atoms with Crippen LogP contribution in [0.1, 0.15) is 11.1 Å². The average Bonchev–Trinajstić information content (AvgIpc) is 3.01. The van der Waals surface area contributed by atoms with Crippen LogP contribution in [-0.2, 0) is 11.3 Å². The zero-order valence-corrected chi connectivity index (χ0v) is 12.3. The number of aromatic amines is 1. The van der Waals surface area contributed by atoms with E-state index in [1.165, 1.54) is 0 Å². The van der Waals surface area contributed by atoms with E-state index >= 15 is 0 Å². The molecule has 0 saturated heterocycles. The van der Waals surface area contributed by atoms with E-state index in [-0.39, 0.29) is 5.57 Å². The van der Waals surface area contributed by atoms with E-state index in [0.717, 1.165) is 22.2 Å².